The number of thioether (sulfide) groups is 1. The van der Waals surface area contributed by atoms with E-state index in [4.69, 9.17) is 0 Å². The lowest BCUT2D eigenvalue weighted by Crippen LogP contribution is -2.18. The zero-order chi connectivity index (χ0) is 12.1. The Morgan fingerprint density at radius 1 is 1.56 bits per heavy atom. The summed E-state index contributed by atoms with van der Waals surface area (Å²) in [5, 5.41) is 14.1. The Kier molecular flexibility index (Phi) is 4.61. The van der Waals surface area contributed by atoms with Gasteiger partial charge in [-0.15, -0.1) is 0 Å². The number of hydrogen-bond donors (Lipinski definition) is 1. The highest BCUT2D eigenvalue weighted by Gasteiger charge is 2.17. The fourth-order valence-corrected chi connectivity index (χ4v) is 2.16. The maximum atomic E-state index is 10.9. The molecule has 1 unspecified atom stereocenters. The highest BCUT2D eigenvalue weighted by atomic mass is 32.2. The summed E-state index contributed by atoms with van der Waals surface area (Å²) in [4.78, 5) is 10.6. The van der Waals surface area contributed by atoms with E-state index in [1.807, 2.05) is 19.2 Å². The van der Waals surface area contributed by atoms with Crippen molar-refractivity contribution in [3.8, 4) is 0 Å². The Bertz CT molecular complexity index is 382. The Balaban J connectivity index is 2.95. The van der Waals surface area contributed by atoms with E-state index in [1.165, 1.54) is 0 Å². The Morgan fingerprint density at radius 2 is 2.25 bits per heavy atom. The van der Waals surface area contributed by atoms with Gasteiger partial charge in [-0.05, 0) is 26.2 Å². The molecule has 0 amide bonds. The molecule has 1 aromatic carbocycles. The summed E-state index contributed by atoms with van der Waals surface area (Å²) < 4.78 is 0. The SMILES string of the molecule is CSCC(C)Nc1cccc(C)c1[N+](=O)[O-]. The molecule has 0 fully saturated rings. The lowest BCUT2D eigenvalue weighted by molar-refractivity contribution is -0.384. The smallest absolute Gasteiger partial charge is 0.295 e. The van der Waals surface area contributed by atoms with Crippen molar-refractivity contribution in [1.82, 2.24) is 0 Å². The highest BCUT2D eigenvalue weighted by Crippen LogP contribution is 2.28. The molecule has 5 heteroatoms. The first-order valence-corrected chi connectivity index (χ1v) is 6.45. The second kappa shape index (κ2) is 5.75. The number of nitrogens with one attached hydrogen (secondary N) is 1. The van der Waals surface area contributed by atoms with Gasteiger partial charge in [-0.25, -0.2) is 0 Å². The van der Waals surface area contributed by atoms with Gasteiger partial charge < -0.3 is 5.32 Å². The van der Waals surface area contributed by atoms with Crippen LogP contribution in [0.5, 0.6) is 0 Å². The van der Waals surface area contributed by atoms with Crippen LogP contribution in [0.2, 0.25) is 0 Å². The van der Waals surface area contributed by atoms with Crippen LogP contribution in [0.4, 0.5) is 11.4 Å². The molecule has 0 radical (unpaired) electrons. The van der Waals surface area contributed by atoms with Crippen LogP contribution in [0, 0.1) is 17.0 Å². The topological polar surface area (TPSA) is 55.2 Å². The molecule has 0 aliphatic carbocycles. The molecule has 1 atom stereocenters. The summed E-state index contributed by atoms with van der Waals surface area (Å²) in [6.07, 6.45) is 2.02. The van der Waals surface area contributed by atoms with Crippen molar-refractivity contribution in [2.24, 2.45) is 0 Å². The normalized spacial score (nSPS) is 12.2. The number of hydrogen-bond acceptors (Lipinski definition) is 4. The van der Waals surface area contributed by atoms with Gasteiger partial charge in [-0.3, -0.25) is 10.1 Å². The number of nitro groups is 1. The molecule has 0 saturated heterocycles. The van der Waals surface area contributed by atoms with E-state index in [0.717, 1.165) is 5.75 Å². The summed E-state index contributed by atoms with van der Waals surface area (Å²) in [7, 11) is 0. The van der Waals surface area contributed by atoms with Crippen molar-refractivity contribution in [1.29, 1.82) is 0 Å². The maximum Gasteiger partial charge on any atom is 0.295 e. The fraction of sp³-hybridized carbons (Fsp3) is 0.455. The maximum absolute atomic E-state index is 10.9. The second-order valence-electron chi connectivity index (χ2n) is 3.73. The minimum Gasteiger partial charge on any atom is -0.376 e. The average Bonchev–Trinajstić information content (AvgIpc) is 2.17. The number of benzene rings is 1. The van der Waals surface area contributed by atoms with Crippen LogP contribution in [-0.4, -0.2) is 23.0 Å². The van der Waals surface area contributed by atoms with Gasteiger partial charge in [0, 0.05) is 17.4 Å². The summed E-state index contributed by atoms with van der Waals surface area (Å²) in [5.41, 5.74) is 1.47. The van der Waals surface area contributed by atoms with Crippen molar-refractivity contribution in [3.63, 3.8) is 0 Å². The molecule has 0 aromatic heterocycles. The molecule has 1 N–H and O–H groups in total. The number of nitro benzene ring substituents is 1. The Labute approximate surface area is 99.6 Å². The van der Waals surface area contributed by atoms with Crippen LogP contribution in [-0.2, 0) is 0 Å². The van der Waals surface area contributed by atoms with Gasteiger partial charge in [0.05, 0.1) is 4.92 Å². The Hall–Kier alpha value is -1.23. The summed E-state index contributed by atoms with van der Waals surface area (Å²) >= 11 is 1.72. The van der Waals surface area contributed by atoms with Gasteiger partial charge in [0.1, 0.15) is 5.69 Å². The molecule has 4 nitrogen and oxygen atoms in total. The summed E-state index contributed by atoms with van der Waals surface area (Å²) in [5.74, 6) is 0.922. The van der Waals surface area contributed by atoms with Crippen LogP contribution >= 0.6 is 11.8 Å². The molecule has 0 aliphatic rings. The van der Waals surface area contributed by atoms with E-state index in [9.17, 15) is 10.1 Å². The van der Waals surface area contributed by atoms with Crippen molar-refractivity contribution in [2.45, 2.75) is 19.9 Å². The van der Waals surface area contributed by atoms with Crippen LogP contribution in [0.15, 0.2) is 18.2 Å². The molecular weight excluding hydrogens is 224 g/mol. The molecule has 0 saturated carbocycles. The van der Waals surface area contributed by atoms with Gasteiger partial charge >= 0.3 is 0 Å². The second-order valence-corrected chi connectivity index (χ2v) is 4.64. The minimum absolute atomic E-state index is 0.176. The molecule has 0 heterocycles. The molecule has 88 valence electrons. The number of para-hydroxylation sites is 1. The molecular formula is C11H16N2O2S. The highest BCUT2D eigenvalue weighted by molar-refractivity contribution is 7.98. The van der Waals surface area contributed by atoms with E-state index >= 15 is 0 Å². The molecule has 16 heavy (non-hydrogen) atoms. The zero-order valence-corrected chi connectivity index (χ0v) is 10.5. The van der Waals surface area contributed by atoms with Crippen molar-refractivity contribution < 1.29 is 4.92 Å². The first-order valence-electron chi connectivity index (χ1n) is 5.05. The molecule has 0 spiro atoms. The van der Waals surface area contributed by atoms with Gasteiger partial charge in [0.2, 0.25) is 0 Å². The predicted octanol–water partition coefficient (Wildman–Crippen LogP) is 3.07. The van der Waals surface area contributed by atoms with E-state index in [0.29, 0.717) is 11.3 Å². The third-order valence-corrected chi connectivity index (χ3v) is 3.07. The minimum atomic E-state index is -0.330. The summed E-state index contributed by atoms with van der Waals surface area (Å²) in [6.45, 7) is 3.77. The Morgan fingerprint density at radius 3 is 2.81 bits per heavy atom. The number of aryl methyl sites for hydroxylation is 1. The van der Waals surface area contributed by atoms with Gasteiger partial charge in [0.15, 0.2) is 0 Å². The van der Waals surface area contributed by atoms with Crippen molar-refractivity contribution >= 4 is 23.1 Å². The predicted molar refractivity (Wildman–Crippen MR) is 69.3 cm³/mol. The van der Waals surface area contributed by atoms with Gasteiger partial charge in [-0.1, -0.05) is 12.1 Å². The largest absolute Gasteiger partial charge is 0.376 e. The lowest BCUT2D eigenvalue weighted by Gasteiger charge is -2.14. The quantitative estimate of drug-likeness (QED) is 0.634. The van der Waals surface area contributed by atoms with Crippen LogP contribution in [0.3, 0.4) is 0 Å². The zero-order valence-electron chi connectivity index (χ0n) is 9.69. The van der Waals surface area contributed by atoms with E-state index in [-0.39, 0.29) is 16.7 Å². The standard InChI is InChI=1S/C11H16N2O2S/c1-8-5-4-6-10(11(8)13(14)15)12-9(2)7-16-3/h4-6,9,12H,7H2,1-3H3. The number of anilines is 1. The number of rotatable bonds is 5. The lowest BCUT2D eigenvalue weighted by atomic mass is 10.1. The third-order valence-electron chi connectivity index (χ3n) is 2.24. The molecule has 1 rings (SSSR count). The molecule has 0 aliphatic heterocycles. The molecule has 0 bridgehead atoms. The van der Waals surface area contributed by atoms with Crippen LogP contribution in [0.25, 0.3) is 0 Å². The first-order chi connectivity index (χ1) is 7.56. The monoisotopic (exact) mass is 240 g/mol. The van der Waals surface area contributed by atoms with E-state index < -0.39 is 0 Å². The molecule has 1 aromatic rings. The third kappa shape index (κ3) is 3.13. The average molecular weight is 240 g/mol. The van der Waals surface area contributed by atoms with Gasteiger partial charge in [-0.2, -0.15) is 11.8 Å². The number of nitrogens with zero attached hydrogens (tertiary/aromatic N) is 1. The van der Waals surface area contributed by atoms with Crippen molar-refractivity contribution in [3.05, 3.63) is 33.9 Å². The van der Waals surface area contributed by atoms with Crippen molar-refractivity contribution in [2.75, 3.05) is 17.3 Å². The van der Waals surface area contributed by atoms with E-state index in [1.54, 1.807) is 30.8 Å². The van der Waals surface area contributed by atoms with Crippen LogP contribution in [0.1, 0.15) is 12.5 Å². The fourth-order valence-electron chi connectivity index (χ4n) is 1.57. The van der Waals surface area contributed by atoms with E-state index in [2.05, 4.69) is 5.32 Å². The van der Waals surface area contributed by atoms with Gasteiger partial charge in [0.25, 0.3) is 5.69 Å². The first kappa shape index (κ1) is 12.8. The van der Waals surface area contributed by atoms with Crippen LogP contribution < -0.4 is 5.32 Å². The summed E-state index contributed by atoms with van der Waals surface area (Å²) in [6, 6.07) is 5.55.